The predicted molar refractivity (Wildman–Crippen MR) is 67.8 cm³/mol. The van der Waals surface area contributed by atoms with Crippen LogP contribution in [0.4, 0.5) is 5.69 Å². The Morgan fingerprint density at radius 2 is 2.24 bits per heavy atom. The van der Waals surface area contributed by atoms with Crippen LogP contribution in [0.2, 0.25) is 0 Å². The molecule has 0 aliphatic rings. The van der Waals surface area contributed by atoms with Crippen molar-refractivity contribution in [2.24, 2.45) is 0 Å². The zero-order valence-electron chi connectivity index (χ0n) is 10.3. The molecule has 0 fully saturated rings. The van der Waals surface area contributed by atoms with Crippen LogP contribution < -0.4 is 5.32 Å². The fraction of sp³-hybridized carbons (Fsp3) is 0.538. The summed E-state index contributed by atoms with van der Waals surface area (Å²) < 4.78 is 5.45. The Hall–Kier alpha value is -1.60. The first-order valence-corrected chi connectivity index (χ1v) is 6.04. The number of nitriles is 1. The third-order valence-corrected chi connectivity index (χ3v) is 2.31. The Kier molecular flexibility index (Phi) is 6.76. The molecule has 17 heavy (non-hydrogen) atoms. The summed E-state index contributed by atoms with van der Waals surface area (Å²) in [7, 11) is 0. The van der Waals surface area contributed by atoms with Crippen LogP contribution >= 0.6 is 0 Å². The third kappa shape index (κ3) is 5.88. The van der Waals surface area contributed by atoms with Gasteiger partial charge in [-0.1, -0.05) is 13.3 Å². The lowest BCUT2D eigenvalue weighted by molar-refractivity contribution is 0.131. The number of rotatable bonds is 8. The molecule has 92 valence electrons. The second kappa shape index (κ2) is 8.54. The van der Waals surface area contributed by atoms with E-state index < -0.39 is 0 Å². The van der Waals surface area contributed by atoms with Crippen LogP contribution in [0.1, 0.15) is 31.9 Å². The van der Waals surface area contributed by atoms with Gasteiger partial charge in [0.05, 0.1) is 0 Å². The Labute approximate surface area is 103 Å². The van der Waals surface area contributed by atoms with E-state index in [1.807, 2.05) is 12.1 Å². The quantitative estimate of drug-likeness (QED) is 0.701. The summed E-state index contributed by atoms with van der Waals surface area (Å²) in [5.74, 6) is 0. The highest BCUT2D eigenvalue weighted by atomic mass is 16.5. The van der Waals surface area contributed by atoms with Gasteiger partial charge in [0.25, 0.3) is 0 Å². The van der Waals surface area contributed by atoms with Crippen LogP contribution in [0.5, 0.6) is 0 Å². The van der Waals surface area contributed by atoms with Gasteiger partial charge < -0.3 is 10.1 Å². The lowest BCUT2D eigenvalue weighted by atomic mass is 10.3. The molecule has 0 aliphatic carbocycles. The summed E-state index contributed by atoms with van der Waals surface area (Å²) in [4.78, 5) is 3.91. The van der Waals surface area contributed by atoms with E-state index in [1.165, 1.54) is 6.42 Å². The minimum absolute atomic E-state index is 0.439. The first-order chi connectivity index (χ1) is 8.36. The van der Waals surface area contributed by atoms with Gasteiger partial charge in [-0.25, -0.2) is 4.98 Å². The molecule has 1 heterocycles. The summed E-state index contributed by atoms with van der Waals surface area (Å²) in [5, 5.41) is 11.9. The van der Waals surface area contributed by atoms with Crippen LogP contribution in [-0.2, 0) is 4.74 Å². The van der Waals surface area contributed by atoms with E-state index in [2.05, 4.69) is 17.2 Å². The SMILES string of the molecule is CCCCOCCCNc1ccnc(C#N)c1. The number of hydrogen-bond donors (Lipinski definition) is 1. The molecule has 0 spiro atoms. The fourth-order valence-electron chi connectivity index (χ4n) is 1.36. The average molecular weight is 233 g/mol. The van der Waals surface area contributed by atoms with Gasteiger partial charge >= 0.3 is 0 Å². The molecule has 4 heteroatoms. The molecule has 0 unspecified atom stereocenters. The second-order valence-corrected chi connectivity index (χ2v) is 3.79. The number of anilines is 1. The van der Waals surface area contributed by atoms with Crippen molar-refractivity contribution >= 4 is 5.69 Å². The maximum absolute atomic E-state index is 8.69. The normalized spacial score (nSPS) is 9.88. The molecular formula is C13H19N3O. The lowest BCUT2D eigenvalue weighted by Gasteiger charge is -2.06. The number of aromatic nitrogens is 1. The highest BCUT2D eigenvalue weighted by Crippen LogP contribution is 2.06. The Balaban J connectivity index is 2.12. The summed E-state index contributed by atoms with van der Waals surface area (Å²) in [6.07, 6.45) is 4.90. The molecule has 0 radical (unpaired) electrons. The number of pyridine rings is 1. The van der Waals surface area contributed by atoms with Crippen LogP contribution in [0.3, 0.4) is 0 Å². The van der Waals surface area contributed by atoms with Gasteiger partial charge in [0, 0.05) is 31.6 Å². The largest absolute Gasteiger partial charge is 0.385 e. The Morgan fingerprint density at radius 3 is 3.00 bits per heavy atom. The summed E-state index contributed by atoms with van der Waals surface area (Å²) >= 11 is 0. The van der Waals surface area contributed by atoms with Gasteiger partial charge in [-0.2, -0.15) is 5.26 Å². The minimum Gasteiger partial charge on any atom is -0.385 e. The zero-order chi connectivity index (χ0) is 12.3. The fourth-order valence-corrected chi connectivity index (χ4v) is 1.36. The molecule has 0 bridgehead atoms. The van der Waals surface area contributed by atoms with Crippen molar-refractivity contribution in [2.75, 3.05) is 25.1 Å². The van der Waals surface area contributed by atoms with E-state index in [9.17, 15) is 0 Å². The molecule has 0 atom stereocenters. The molecular weight excluding hydrogens is 214 g/mol. The number of nitrogens with one attached hydrogen (secondary N) is 1. The standard InChI is InChI=1S/C13H19N3O/c1-2-3-8-17-9-4-6-15-12-5-7-16-13(10-12)11-14/h5,7,10H,2-4,6,8-9H2,1H3,(H,15,16). The van der Waals surface area contributed by atoms with Gasteiger partial charge in [0.15, 0.2) is 0 Å². The topological polar surface area (TPSA) is 57.9 Å². The molecule has 0 amide bonds. The molecule has 0 aliphatic heterocycles. The van der Waals surface area contributed by atoms with Gasteiger partial charge in [-0.05, 0) is 25.0 Å². The monoisotopic (exact) mass is 233 g/mol. The van der Waals surface area contributed by atoms with E-state index in [4.69, 9.17) is 10.00 Å². The van der Waals surface area contributed by atoms with Crippen molar-refractivity contribution in [1.82, 2.24) is 4.98 Å². The van der Waals surface area contributed by atoms with Crippen molar-refractivity contribution in [3.05, 3.63) is 24.0 Å². The third-order valence-electron chi connectivity index (χ3n) is 2.31. The molecule has 0 aromatic carbocycles. The molecule has 0 saturated heterocycles. The van der Waals surface area contributed by atoms with Crippen molar-refractivity contribution in [3.8, 4) is 6.07 Å². The van der Waals surface area contributed by atoms with Crippen LogP contribution in [0.25, 0.3) is 0 Å². The first kappa shape index (κ1) is 13.5. The van der Waals surface area contributed by atoms with E-state index >= 15 is 0 Å². The molecule has 1 rings (SSSR count). The number of unbranched alkanes of at least 4 members (excludes halogenated alkanes) is 1. The summed E-state index contributed by atoms with van der Waals surface area (Å²) in [5.41, 5.74) is 1.37. The van der Waals surface area contributed by atoms with Gasteiger partial charge in [0.1, 0.15) is 11.8 Å². The zero-order valence-corrected chi connectivity index (χ0v) is 10.3. The van der Waals surface area contributed by atoms with E-state index in [0.717, 1.165) is 38.3 Å². The molecule has 0 saturated carbocycles. The van der Waals surface area contributed by atoms with Crippen LogP contribution in [-0.4, -0.2) is 24.7 Å². The van der Waals surface area contributed by atoms with Crippen molar-refractivity contribution in [3.63, 3.8) is 0 Å². The molecule has 1 aromatic heterocycles. The first-order valence-electron chi connectivity index (χ1n) is 6.04. The highest BCUT2D eigenvalue weighted by molar-refractivity contribution is 5.45. The maximum Gasteiger partial charge on any atom is 0.142 e. The smallest absolute Gasteiger partial charge is 0.142 e. The van der Waals surface area contributed by atoms with Gasteiger partial charge in [-0.15, -0.1) is 0 Å². The second-order valence-electron chi connectivity index (χ2n) is 3.79. The average Bonchev–Trinajstić information content (AvgIpc) is 2.38. The molecule has 4 nitrogen and oxygen atoms in total. The predicted octanol–water partition coefficient (Wildman–Crippen LogP) is 2.57. The van der Waals surface area contributed by atoms with Crippen LogP contribution in [0.15, 0.2) is 18.3 Å². The Morgan fingerprint density at radius 1 is 1.41 bits per heavy atom. The summed E-state index contributed by atoms with van der Waals surface area (Å²) in [6.45, 7) is 4.63. The van der Waals surface area contributed by atoms with E-state index in [1.54, 1.807) is 12.3 Å². The highest BCUT2D eigenvalue weighted by Gasteiger charge is 1.95. The number of hydrogen-bond acceptors (Lipinski definition) is 4. The number of nitrogens with zero attached hydrogens (tertiary/aromatic N) is 2. The lowest BCUT2D eigenvalue weighted by Crippen LogP contribution is -2.06. The number of ether oxygens (including phenoxy) is 1. The molecule has 1 N–H and O–H groups in total. The van der Waals surface area contributed by atoms with E-state index in [-0.39, 0.29) is 0 Å². The van der Waals surface area contributed by atoms with Crippen molar-refractivity contribution in [1.29, 1.82) is 5.26 Å². The Bertz CT molecular complexity index is 360. The minimum atomic E-state index is 0.439. The van der Waals surface area contributed by atoms with E-state index in [0.29, 0.717) is 5.69 Å². The maximum atomic E-state index is 8.69. The summed E-state index contributed by atoms with van der Waals surface area (Å²) in [6, 6.07) is 5.62. The van der Waals surface area contributed by atoms with Gasteiger partial charge in [-0.3, -0.25) is 0 Å². The van der Waals surface area contributed by atoms with Crippen molar-refractivity contribution in [2.45, 2.75) is 26.2 Å². The van der Waals surface area contributed by atoms with Crippen molar-refractivity contribution < 1.29 is 4.74 Å². The van der Waals surface area contributed by atoms with Gasteiger partial charge in [0.2, 0.25) is 0 Å². The molecule has 1 aromatic rings. The van der Waals surface area contributed by atoms with Crippen LogP contribution in [0, 0.1) is 11.3 Å².